The van der Waals surface area contributed by atoms with E-state index in [4.69, 9.17) is 10.8 Å². The average Bonchev–Trinajstić information content (AvgIpc) is 2.26. The predicted molar refractivity (Wildman–Crippen MR) is 69.4 cm³/mol. The Kier molecular flexibility index (Phi) is 4.26. The van der Waals surface area contributed by atoms with Crippen LogP contribution in [0.2, 0.25) is 0 Å². The van der Waals surface area contributed by atoms with Crippen molar-refractivity contribution in [2.45, 2.75) is 26.8 Å². The van der Waals surface area contributed by atoms with Crippen LogP contribution >= 0.6 is 0 Å². The quantitative estimate of drug-likeness (QED) is 0.779. The van der Waals surface area contributed by atoms with Crippen molar-refractivity contribution in [2.75, 3.05) is 5.32 Å². The molecule has 4 N–H and O–H groups in total. The van der Waals surface area contributed by atoms with Gasteiger partial charge in [0.15, 0.2) is 0 Å². The second-order valence-corrected chi connectivity index (χ2v) is 5.30. The lowest BCUT2D eigenvalue weighted by atomic mass is 9.87. The van der Waals surface area contributed by atoms with E-state index in [-0.39, 0.29) is 5.69 Å². The molecule has 0 unspecified atom stereocenters. The van der Waals surface area contributed by atoms with Crippen LogP contribution in [0.4, 0.5) is 10.1 Å². The van der Waals surface area contributed by atoms with E-state index >= 15 is 0 Å². The van der Waals surface area contributed by atoms with E-state index in [2.05, 4.69) is 5.32 Å². The Hall–Kier alpha value is -1.95. The van der Waals surface area contributed by atoms with Gasteiger partial charge in [-0.1, -0.05) is 26.8 Å². The molecule has 0 fully saturated rings. The monoisotopic (exact) mass is 268 g/mol. The molecular formula is C13H17FN2O3. The summed E-state index contributed by atoms with van der Waals surface area (Å²) in [5, 5.41) is 11.3. The van der Waals surface area contributed by atoms with Crippen LogP contribution in [0, 0.1) is 11.2 Å². The first-order valence-corrected chi connectivity index (χ1v) is 5.73. The fourth-order valence-electron chi connectivity index (χ4n) is 1.45. The number of carbonyl (C=O) groups excluding carboxylic acids is 1. The highest BCUT2D eigenvalue weighted by Crippen LogP contribution is 2.22. The molecule has 1 amide bonds. The summed E-state index contributed by atoms with van der Waals surface area (Å²) >= 11 is 0. The molecule has 104 valence electrons. The smallest absolute Gasteiger partial charge is 0.340 e. The molecule has 0 saturated carbocycles. The summed E-state index contributed by atoms with van der Waals surface area (Å²) in [4.78, 5) is 22.9. The van der Waals surface area contributed by atoms with Gasteiger partial charge in [0.2, 0.25) is 5.91 Å². The van der Waals surface area contributed by atoms with E-state index in [0.717, 1.165) is 6.07 Å². The highest BCUT2D eigenvalue weighted by Gasteiger charge is 2.28. The van der Waals surface area contributed by atoms with E-state index in [1.807, 2.05) is 0 Å². The van der Waals surface area contributed by atoms with Gasteiger partial charge in [-0.25, -0.2) is 9.18 Å². The lowest BCUT2D eigenvalue weighted by Gasteiger charge is -2.26. The van der Waals surface area contributed by atoms with Gasteiger partial charge < -0.3 is 16.2 Å². The Labute approximate surface area is 110 Å². The largest absolute Gasteiger partial charge is 0.478 e. The molecule has 6 heteroatoms. The number of nitrogens with two attached hydrogens (primary N) is 1. The number of amides is 1. The van der Waals surface area contributed by atoms with Gasteiger partial charge in [0.05, 0.1) is 11.7 Å². The van der Waals surface area contributed by atoms with E-state index in [1.165, 1.54) is 12.1 Å². The van der Waals surface area contributed by atoms with Gasteiger partial charge >= 0.3 is 5.97 Å². The molecular weight excluding hydrogens is 251 g/mol. The molecule has 0 aliphatic heterocycles. The Morgan fingerprint density at radius 2 is 1.95 bits per heavy atom. The number of carbonyl (C=O) groups is 2. The summed E-state index contributed by atoms with van der Waals surface area (Å²) in [5.74, 6) is -2.91. The molecule has 5 nitrogen and oxygen atoms in total. The van der Waals surface area contributed by atoms with Crippen molar-refractivity contribution < 1.29 is 19.1 Å². The maximum absolute atomic E-state index is 13.4. The highest BCUT2D eigenvalue weighted by molar-refractivity contribution is 6.02. The first-order chi connectivity index (χ1) is 8.64. The number of carboxylic acid groups (broad SMARTS) is 1. The van der Waals surface area contributed by atoms with Crippen LogP contribution in [-0.2, 0) is 4.79 Å². The maximum Gasteiger partial charge on any atom is 0.340 e. The molecule has 0 spiro atoms. The Balaban J connectivity index is 3.04. The van der Waals surface area contributed by atoms with Crippen LogP contribution in [0.15, 0.2) is 18.2 Å². The SMILES string of the molecule is CC(C)(C)[C@H](N)C(=O)Nc1cccc(F)c1C(=O)O. The molecule has 1 aromatic rings. The van der Waals surface area contributed by atoms with Crippen molar-refractivity contribution in [1.82, 2.24) is 0 Å². The zero-order chi connectivity index (χ0) is 14.8. The third kappa shape index (κ3) is 3.51. The Morgan fingerprint density at radius 1 is 1.37 bits per heavy atom. The number of rotatable bonds is 3. The van der Waals surface area contributed by atoms with Crippen molar-refractivity contribution in [3.05, 3.63) is 29.6 Å². The topological polar surface area (TPSA) is 92.4 Å². The molecule has 0 aliphatic carbocycles. The van der Waals surface area contributed by atoms with E-state index in [0.29, 0.717) is 0 Å². The predicted octanol–water partition coefficient (Wildman–Crippen LogP) is 1.84. The van der Waals surface area contributed by atoms with Crippen LogP contribution in [0.25, 0.3) is 0 Å². The van der Waals surface area contributed by atoms with Gasteiger partial charge in [0, 0.05) is 0 Å². The number of hydrogen-bond acceptors (Lipinski definition) is 3. The third-order valence-corrected chi connectivity index (χ3v) is 2.70. The minimum Gasteiger partial charge on any atom is -0.478 e. The molecule has 0 bridgehead atoms. The van der Waals surface area contributed by atoms with Crippen molar-refractivity contribution in [3.63, 3.8) is 0 Å². The van der Waals surface area contributed by atoms with Gasteiger partial charge in [-0.15, -0.1) is 0 Å². The standard InChI is InChI=1S/C13H17FN2O3/c1-13(2,3)10(15)11(17)16-8-6-4-5-7(14)9(8)12(18)19/h4-6,10H,15H2,1-3H3,(H,16,17)(H,18,19)/t10-/m1/s1. The summed E-state index contributed by atoms with van der Waals surface area (Å²) in [6, 6.07) is 2.82. The van der Waals surface area contributed by atoms with Crippen LogP contribution in [0.1, 0.15) is 31.1 Å². The van der Waals surface area contributed by atoms with Crippen LogP contribution in [0.3, 0.4) is 0 Å². The molecule has 1 rings (SSSR count). The summed E-state index contributed by atoms with van der Waals surface area (Å²) < 4.78 is 13.4. The zero-order valence-electron chi connectivity index (χ0n) is 11.0. The number of carboxylic acids is 1. The first kappa shape index (κ1) is 15.1. The van der Waals surface area contributed by atoms with E-state index < -0.39 is 34.7 Å². The third-order valence-electron chi connectivity index (χ3n) is 2.70. The fraction of sp³-hybridized carbons (Fsp3) is 0.385. The molecule has 19 heavy (non-hydrogen) atoms. The highest BCUT2D eigenvalue weighted by atomic mass is 19.1. The number of benzene rings is 1. The first-order valence-electron chi connectivity index (χ1n) is 5.73. The normalized spacial score (nSPS) is 12.9. The molecule has 0 aliphatic rings. The van der Waals surface area contributed by atoms with Gasteiger partial charge in [-0.3, -0.25) is 4.79 Å². The van der Waals surface area contributed by atoms with Gasteiger partial charge in [0.25, 0.3) is 0 Å². The molecule has 1 atom stereocenters. The summed E-state index contributed by atoms with van der Waals surface area (Å²) in [6.45, 7) is 5.34. The summed E-state index contributed by atoms with van der Waals surface area (Å²) in [5.41, 5.74) is 4.60. The van der Waals surface area contributed by atoms with Crippen molar-refractivity contribution >= 4 is 17.6 Å². The van der Waals surface area contributed by atoms with Crippen molar-refractivity contribution in [1.29, 1.82) is 0 Å². The number of hydrogen-bond donors (Lipinski definition) is 3. The minimum absolute atomic E-state index is 0.0998. The number of aromatic carboxylic acids is 1. The van der Waals surface area contributed by atoms with Crippen LogP contribution < -0.4 is 11.1 Å². The maximum atomic E-state index is 13.4. The summed E-state index contributed by atoms with van der Waals surface area (Å²) in [7, 11) is 0. The lowest BCUT2D eigenvalue weighted by Crippen LogP contribution is -2.45. The number of anilines is 1. The molecule has 0 heterocycles. The fourth-order valence-corrected chi connectivity index (χ4v) is 1.45. The van der Waals surface area contributed by atoms with Gasteiger partial charge in [0.1, 0.15) is 11.4 Å². The van der Waals surface area contributed by atoms with Crippen molar-refractivity contribution in [2.24, 2.45) is 11.1 Å². The Bertz CT molecular complexity index is 509. The molecule has 0 saturated heterocycles. The van der Waals surface area contributed by atoms with Crippen LogP contribution in [-0.4, -0.2) is 23.0 Å². The van der Waals surface area contributed by atoms with Crippen LogP contribution in [0.5, 0.6) is 0 Å². The van der Waals surface area contributed by atoms with E-state index in [9.17, 15) is 14.0 Å². The lowest BCUT2D eigenvalue weighted by molar-refractivity contribution is -0.119. The van der Waals surface area contributed by atoms with Gasteiger partial charge in [-0.2, -0.15) is 0 Å². The van der Waals surface area contributed by atoms with Crippen molar-refractivity contribution in [3.8, 4) is 0 Å². The second kappa shape index (κ2) is 5.36. The number of nitrogens with one attached hydrogen (secondary N) is 1. The van der Waals surface area contributed by atoms with E-state index in [1.54, 1.807) is 20.8 Å². The Morgan fingerprint density at radius 3 is 2.42 bits per heavy atom. The zero-order valence-corrected chi connectivity index (χ0v) is 11.0. The molecule has 0 aromatic heterocycles. The average molecular weight is 268 g/mol. The van der Waals surface area contributed by atoms with Gasteiger partial charge in [-0.05, 0) is 17.5 Å². The number of halogens is 1. The molecule has 0 radical (unpaired) electrons. The minimum atomic E-state index is -1.45. The summed E-state index contributed by atoms with van der Waals surface area (Å²) in [6.07, 6.45) is 0. The second-order valence-electron chi connectivity index (χ2n) is 5.30. The molecule has 1 aromatic carbocycles.